The van der Waals surface area contributed by atoms with Crippen LogP contribution in [0.3, 0.4) is 0 Å². The topological polar surface area (TPSA) is 59.7 Å². The molecule has 0 aliphatic carbocycles. The molecule has 2 aliphatic heterocycles. The number of benzene rings is 1. The summed E-state index contributed by atoms with van der Waals surface area (Å²) < 4.78 is 5.83. The summed E-state index contributed by atoms with van der Waals surface area (Å²) in [7, 11) is 0. The molecule has 1 aromatic rings. The van der Waals surface area contributed by atoms with Crippen LogP contribution in [0.15, 0.2) is 24.3 Å². The van der Waals surface area contributed by atoms with Gasteiger partial charge in [-0.1, -0.05) is 18.2 Å². The zero-order valence-corrected chi connectivity index (χ0v) is 15.3. The first-order valence-corrected chi connectivity index (χ1v) is 9.28. The summed E-state index contributed by atoms with van der Waals surface area (Å²) in [6.45, 7) is 10.1. The number of aliphatic hydroxyl groups is 1. The van der Waals surface area contributed by atoms with Gasteiger partial charge in [-0.15, -0.1) is 0 Å². The molecule has 5 nitrogen and oxygen atoms in total. The molecular weight excluding hydrogens is 314 g/mol. The van der Waals surface area contributed by atoms with E-state index in [1.54, 1.807) is 0 Å². The van der Waals surface area contributed by atoms with Crippen molar-refractivity contribution >= 4 is 0 Å². The van der Waals surface area contributed by atoms with Crippen molar-refractivity contribution in [3.05, 3.63) is 35.4 Å². The van der Waals surface area contributed by atoms with Gasteiger partial charge < -0.3 is 9.84 Å². The van der Waals surface area contributed by atoms with Crippen molar-refractivity contribution in [2.24, 2.45) is 11.8 Å². The molecule has 0 amide bonds. The highest BCUT2D eigenvalue weighted by Gasteiger charge is 2.35. The summed E-state index contributed by atoms with van der Waals surface area (Å²) in [4.78, 5) is 4.87. The van der Waals surface area contributed by atoms with Gasteiger partial charge in [0.05, 0.1) is 23.8 Å². The number of nitrogens with zero attached hydrogens (tertiary/aromatic N) is 3. The maximum Gasteiger partial charge on any atom is 0.0995 e. The zero-order chi connectivity index (χ0) is 17.8. The standard InChI is InChI=1S/C20H29N3O2/c1-15-8-22(9-16(2)25-15)11-19-12-23(13-20(19)14-24)10-18-6-4-3-5-17(18)7-21/h3-6,15-16,19-20,24H,8-14H2,1-2H3/t15-,16+,19-,20-/m0/s1. The molecule has 1 N–H and O–H groups in total. The van der Waals surface area contributed by atoms with Crippen LogP contribution in [0.1, 0.15) is 25.0 Å². The first-order chi connectivity index (χ1) is 12.1. The monoisotopic (exact) mass is 343 g/mol. The lowest BCUT2D eigenvalue weighted by atomic mass is 9.96. The van der Waals surface area contributed by atoms with Crippen molar-refractivity contribution in [1.82, 2.24) is 9.80 Å². The van der Waals surface area contributed by atoms with E-state index in [2.05, 4.69) is 29.7 Å². The van der Waals surface area contributed by atoms with Crippen LogP contribution in [-0.2, 0) is 11.3 Å². The number of ether oxygens (including phenoxy) is 1. The largest absolute Gasteiger partial charge is 0.396 e. The average molecular weight is 343 g/mol. The van der Waals surface area contributed by atoms with E-state index in [9.17, 15) is 10.4 Å². The maximum absolute atomic E-state index is 9.83. The molecule has 0 unspecified atom stereocenters. The predicted molar refractivity (Wildman–Crippen MR) is 96.9 cm³/mol. The van der Waals surface area contributed by atoms with E-state index in [-0.39, 0.29) is 18.8 Å². The Morgan fingerprint density at radius 1 is 1.08 bits per heavy atom. The van der Waals surface area contributed by atoms with Crippen LogP contribution in [0.2, 0.25) is 0 Å². The minimum atomic E-state index is 0.233. The summed E-state index contributed by atoms with van der Waals surface area (Å²) in [6, 6.07) is 10.1. The van der Waals surface area contributed by atoms with Gasteiger partial charge in [-0.2, -0.15) is 5.26 Å². The Hall–Kier alpha value is -1.45. The highest BCUT2D eigenvalue weighted by Crippen LogP contribution is 2.27. The highest BCUT2D eigenvalue weighted by molar-refractivity contribution is 5.37. The number of nitriles is 1. The molecule has 2 saturated heterocycles. The second-order valence-electron chi connectivity index (χ2n) is 7.64. The molecule has 0 bridgehead atoms. The van der Waals surface area contributed by atoms with Crippen molar-refractivity contribution < 1.29 is 9.84 Å². The number of hydrogen-bond donors (Lipinski definition) is 1. The van der Waals surface area contributed by atoms with Crippen molar-refractivity contribution in [3.63, 3.8) is 0 Å². The third-order valence-electron chi connectivity index (χ3n) is 5.41. The van der Waals surface area contributed by atoms with Gasteiger partial charge >= 0.3 is 0 Å². The minimum absolute atomic E-state index is 0.233. The van der Waals surface area contributed by atoms with Gasteiger partial charge in [0.25, 0.3) is 0 Å². The van der Waals surface area contributed by atoms with E-state index in [0.717, 1.165) is 50.4 Å². The molecule has 0 aromatic heterocycles. The van der Waals surface area contributed by atoms with E-state index >= 15 is 0 Å². The van der Waals surface area contributed by atoms with E-state index in [0.29, 0.717) is 11.8 Å². The number of rotatable bonds is 5. The number of morpholine rings is 1. The molecule has 3 rings (SSSR count). The van der Waals surface area contributed by atoms with Gasteiger partial charge in [-0.25, -0.2) is 0 Å². The molecule has 4 atom stereocenters. The average Bonchev–Trinajstić information content (AvgIpc) is 2.95. The second kappa shape index (κ2) is 8.29. The van der Waals surface area contributed by atoms with Crippen molar-refractivity contribution in [2.75, 3.05) is 39.3 Å². The van der Waals surface area contributed by atoms with Crippen LogP contribution in [0.4, 0.5) is 0 Å². The van der Waals surface area contributed by atoms with Crippen LogP contribution in [-0.4, -0.2) is 66.4 Å². The highest BCUT2D eigenvalue weighted by atomic mass is 16.5. The lowest BCUT2D eigenvalue weighted by Gasteiger charge is -2.37. The molecule has 2 fully saturated rings. The Balaban J connectivity index is 1.61. The molecule has 1 aromatic carbocycles. The fraction of sp³-hybridized carbons (Fsp3) is 0.650. The Labute approximate surface area is 150 Å². The van der Waals surface area contributed by atoms with Crippen LogP contribution in [0.25, 0.3) is 0 Å². The molecule has 136 valence electrons. The number of hydrogen-bond acceptors (Lipinski definition) is 5. The maximum atomic E-state index is 9.83. The summed E-state index contributed by atoms with van der Waals surface area (Å²) in [5, 5.41) is 19.1. The molecule has 25 heavy (non-hydrogen) atoms. The molecule has 5 heteroatoms. The Bertz CT molecular complexity index is 605. The summed E-state index contributed by atoms with van der Waals surface area (Å²) >= 11 is 0. The fourth-order valence-corrected chi connectivity index (χ4v) is 4.35. The molecule has 2 heterocycles. The Kier molecular flexibility index (Phi) is 6.08. The van der Waals surface area contributed by atoms with Crippen molar-refractivity contribution in [1.29, 1.82) is 5.26 Å². The number of likely N-dealkylation sites (tertiary alicyclic amines) is 1. The Morgan fingerprint density at radius 2 is 1.76 bits per heavy atom. The van der Waals surface area contributed by atoms with E-state index in [4.69, 9.17) is 4.74 Å². The second-order valence-corrected chi connectivity index (χ2v) is 7.64. The summed E-state index contributed by atoms with van der Waals surface area (Å²) in [5.41, 5.74) is 1.83. The van der Waals surface area contributed by atoms with E-state index in [1.165, 1.54) is 0 Å². The quantitative estimate of drug-likeness (QED) is 0.882. The van der Waals surface area contributed by atoms with Crippen LogP contribution in [0.5, 0.6) is 0 Å². The molecule has 0 saturated carbocycles. The van der Waals surface area contributed by atoms with Gasteiger partial charge in [-0.05, 0) is 37.3 Å². The van der Waals surface area contributed by atoms with Gasteiger partial charge in [0, 0.05) is 45.9 Å². The zero-order valence-electron chi connectivity index (χ0n) is 15.3. The van der Waals surface area contributed by atoms with Crippen molar-refractivity contribution in [3.8, 4) is 6.07 Å². The van der Waals surface area contributed by atoms with Gasteiger partial charge in [0.1, 0.15) is 0 Å². The lowest BCUT2D eigenvalue weighted by molar-refractivity contribution is -0.0727. The third-order valence-corrected chi connectivity index (χ3v) is 5.41. The Morgan fingerprint density at radius 3 is 2.44 bits per heavy atom. The van der Waals surface area contributed by atoms with Crippen LogP contribution in [0, 0.1) is 23.2 Å². The predicted octanol–water partition coefficient (Wildman–Crippen LogP) is 1.71. The van der Waals surface area contributed by atoms with Crippen molar-refractivity contribution in [2.45, 2.75) is 32.6 Å². The SMILES string of the molecule is C[C@@H]1CN(C[C@H]2CN(Cc3ccccc3C#N)C[C@H]2CO)C[C@H](C)O1. The first kappa shape index (κ1) is 18.3. The van der Waals surface area contributed by atoms with Gasteiger partial charge in [0.2, 0.25) is 0 Å². The van der Waals surface area contributed by atoms with E-state index in [1.807, 2.05) is 24.3 Å². The number of aliphatic hydroxyl groups excluding tert-OH is 1. The lowest BCUT2D eigenvalue weighted by Crippen LogP contribution is -2.48. The molecule has 0 spiro atoms. The molecule has 2 aliphatic rings. The molecular formula is C20H29N3O2. The minimum Gasteiger partial charge on any atom is -0.396 e. The van der Waals surface area contributed by atoms with Gasteiger partial charge in [-0.3, -0.25) is 9.80 Å². The first-order valence-electron chi connectivity index (χ1n) is 9.28. The van der Waals surface area contributed by atoms with Crippen LogP contribution >= 0.6 is 0 Å². The molecule has 0 radical (unpaired) electrons. The smallest absolute Gasteiger partial charge is 0.0995 e. The van der Waals surface area contributed by atoms with Gasteiger partial charge in [0.15, 0.2) is 0 Å². The summed E-state index contributed by atoms with van der Waals surface area (Å²) in [5.74, 6) is 0.777. The van der Waals surface area contributed by atoms with Crippen LogP contribution < -0.4 is 0 Å². The summed E-state index contributed by atoms with van der Waals surface area (Å²) in [6.07, 6.45) is 0.549. The third kappa shape index (κ3) is 4.59. The van der Waals surface area contributed by atoms with E-state index < -0.39 is 0 Å². The fourth-order valence-electron chi connectivity index (χ4n) is 4.35. The normalized spacial score (nSPS) is 31.1.